The second kappa shape index (κ2) is 6.74. The van der Waals surface area contributed by atoms with Crippen LogP contribution in [0.3, 0.4) is 0 Å². The Morgan fingerprint density at radius 1 is 0.889 bits per heavy atom. The second-order valence-electron chi connectivity index (χ2n) is 6.06. The van der Waals surface area contributed by atoms with Crippen LogP contribution in [0.1, 0.15) is 11.1 Å². The van der Waals surface area contributed by atoms with E-state index in [0.29, 0.717) is 10.6 Å². The number of aliphatic hydroxyl groups excluding tert-OH is 1. The second-order valence-corrected chi connectivity index (χ2v) is 6.50. The molecule has 0 saturated carbocycles. The summed E-state index contributed by atoms with van der Waals surface area (Å²) in [6, 6.07) is 19.8. The number of carbonyl (C=O) groups excluding carboxylic acids is 2. The highest BCUT2D eigenvalue weighted by atomic mass is 35.5. The van der Waals surface area contributed by atoms with Gasteiger partial charge >= 0.3 is 5.97 Å². The minimum atomic E-state index is -1.04. The van der Waals surface area contributed by atoms with E-state index >= 15 is 0 Å². The number of hydrogen-bond acceptors (Lipinski definition) is 4. The molecule has 0 spiro atoms. The number of cyclic esters (lactones) is 1. The molecule has 1 heterocycles. The van der Waals surface area contributed by atoms with Crippen molar-refractivity contribution in [2.24, 2.45) is 0 Å². The molecular formula is C22H13ClO4. The molecule has 5 heteroatoms. The van der Waals surface area contributed by atoms with Crippen LogP contribution < -0.4 is 0 Å². The third-order valence-corrected chi connectivity index (χ3v) is 4.54. The van der Waals surface area contributed by atoms with Gasteiger partial charge in [0.05, 0.1) is 5.57 Å². The molecule has 0 aromatic heterocycles. The summed E-state index contributed by atoms with van der Waals surface area (Å²) in [6.45, 7) is 0. The van der Waals surface area contributed by atoms with Gasteiger partial charge < -0.3 is 9.84 Å². The molecule has 0 bridgehead atoms. The van der Waals surface area contributed by atoms with E-state index in [0.717, 1.165) is 16.3 Å². The first-order valence-electron chi connectivity index (χ1n) is 8.19. The van der Waals surface area contributed by atoms with Crippen LogP contribution >= 0.6 is 11.6 Å². The van der Waals surface area contributed by atoms with E-state index in [4.69, 9.17) is 16.3 Å². The predicted molar refractivity (Wildman–Crippen MR) is 104 cm³/mol. The summed E-state index contributed by atoms with van der Waals surface area (Å²) in [6.07, 6.45) is 1.53. The van der Waals surface area contributed by atoms with E-state index in [9.17, 15) is 14.7 Å². The van der Waals surface area contributed by atoms with Crippen LogP contribution in [0.15, 0.2) is 78.2 Å². The summed E-state index contributed by atoms with van der Waals surface area (Å²) in [4.78, 5) is 24.3. The molecule has 3 aromatic carbocycles. The molecule has 0 fully saturated rings. The maximum atomic E-state index is 12.2. The fourth-order valence-electron chi connectivity index (χ4n) is 2.96. The van der Waals surface area contributed by atoms with E-state index in [-0.39, 0.29) is 17.1 Å². The largest absolute Gasteiger partial charge is 0.504 e. The number of aliphatic hydroxyl groups is 1. The number of Topliss-reactive ketones (excluding diaryl/α,β-unsaturated/α-hetero) is 1. The van der Waals surface area contributed by atoms with Crippen LogP contribution in [0.5, 0.6) is 0 Å². The van der Waals surface area contributed by atoms with Crippen molar-refractivity contribution in [1.82, 2.24) is 0 Å². The first kappa shape index (κ1) is 17.1. The molecule has 0 aliphatic carbocycles. The fourth-order valence-corrected chi connectivity index (χ4v) is 3.08. The minimum Gasteiger partial charge on any atom is -0.504 e. The summed E-state index contributed by atoms with van der Waals surface area (Å²) < 4.78 is 5.04. The van der Waals surface area contributed by atoms with Gasteiger partial charge in [0.1, 0.15) is 0 Å². The van der Waals surface area contributed by atoms with Crippen LogP contribution in [0.25, 0.3) is 22.4 Å². The summed E-state index contributed by atoms with van der Waals surface area (Å²) >= 11 is 5.87. The Bertz CT molecular complexity index is 1140. The monoisotopic (exact) mass is 376 g/mol. The summed E-state index contributed by atoms with van der Waals surface area (Å²) in [5.41, 5.74) is 1.02. The number of carbonyl (C=O) groups is 2. The molecule has 132 valence electrons. The number of rotatable bonds is 2. The zero-order chi connectivity index (χ0) is 19.0. The van der Waals surface area contributed by atoms with Crippen molar-refractivity contribution in [3.05, 3.63) is 94.4 Å². The van der Waals surface area contributed by atoms with Crippen molar-refractivity contribution >= 4 is 45.8 Å². The Hall–Kier alpha value is -3.37. The van der Waals surface area contributed by atoms with Crippen LogP contribution in [-0.2, 0) is 14.3 Å². The summed E-state index contributed by atoms with van der Waals surface area (Å²) in [5, 5.41) is 13.2. The van der Waals surface area contributed by atoms with Gasteiger partial charge in [-0.05, 0) is 46.2 Å². The number of esters is 1. The third kappa shape index (κ3) is 3.23. The molecule has 0 saturated heterocycles. The van der Waals surface area contributed by atoms with Crippen molar-refractivity contribution in [2.75, 3.05) is 0 Å². The molecule has 0 unspecified atom stereocenters. The van der Waals surface area contributed by atoms with Gasteiger partial charge in [-0.2, -0.15) is 0 Å². The highest BCUT2D eigenvalue weighted by Crippen LogP contribution is 2.31. The van der Waals surface area contributed by atoms with Crippen LogP contribution in [0.4, 0.5) is 0 Å². The average molecular weight is 377 g/mol. The molecule has 0 radical (unpaired) electrons. The van der Waals surface area contributed by atoms with E-state index in [1.54, 1.807) is 24.3 Å². The first-order chi connectivity index (χ1) is 13.0. The van der Waals surface area contributed by atoms with Gasteiger partial charge in [-0.1, -0.05) is 60.1 Å². The van der Waals surface area contributed by atoms with E-state index in [1.165, 1.54) is 6.08 Å². The molecule has 0 atom stereocenters. The van der Waals surface area contributed by atoms with Gasteiger partial charge in [0.25, 0.3) is 5.78 Å². The number of halogens is 1. The van der Waals surface area contributed by atoms with Crippen molar-refractivity contribution < 1.29 is 19.4 Å². The van der Waals surface area contributed by atoms with Crippen LogP contribution in [0, 0.1) is 0 Å². The SMILES string of the molecule is O=C1O/C(=C\c2ccc3ccccc3c2)C(O)=C(c2ccc(Cl)cc2)C1=O. The Morgan fingerprint density at radius 2 is 1.59 bits per heavy atom. The summed E-state index contributed by atoms with van der Waals surface area (Å²) in [7, 11) is 0. The number of ketones is 1. The Morgan fingerprint density at radius 3 is 2.33 bits per heavy atom. The van der Waals surface area contributed by atoms with Crippen molar-refractivity contribution in [3.63, 3.8) is 0 Å². The number of fused-ring (bicyclic) bond motifs is 1. The molecular weight excluding hydrogens is 364 g/mol. The van der Waals surface area contributed by atoms with Crippen molar-refractivity contribution in [2.45, 2.75) is 0 Å². The van der Waals surface area contributed by atoms with Gasteiger partial charge in [0.2, 0.25) is 0 Å². The van der Waals surface area contributed by atoms with Gasteiger partial charge in [-0.25, -0.2) is 4.79 Å². The Labute approximate surface area is 160 Å². The number of hydrogen-bond donors (Lipinski definition) is 1. The Balaban J connectivity index is 1.83. The molecule has 1 aliphatic heterocycles. The zero-order valence-electron chi connectivity index (χ0n) is 14.0. The standard InChI is InChI=1S/C22H13ClO4/c23-17-9-7-15(8-10-17)19-20(24)18(27-22(26)21(19)25)12-13-5-6-14-3-1-2-4-16(14)11-13/h1-12,24H/b18-12-. The average Bonchev–Trinajstić information content (AvgIpc) is 2.67. The zero-order valence-corrected chi connectivity index (χ0v) is 14.7. The van der Waals surface area contributed by atoms with Gasteiger partial charge in [-0.3, -0.25) is 4.79 Å². The molecule has 4 rings (SSSR count). The van der Waals surface area contributed by atoms with Gasteiger partial charge in [-0.15, -0.1) is 0 Å². The summed E-state index contributed by atoms with van der Waals surface area (Å²) in [5.74, 6) is -2.38. The number of ether oxygens (including phenoxy) is 1. The van der Waals surface area contributed by atoms with E-state index < -0.39 is 11.8 Å². The lowest BCUT2D eigenvalue weighted by Gasteiger charge is -2.18. The highest BCUT2D eigenvalue weighted by Gasteiger charge is 2.34. The molecule has 27 heavy (non-hydrogen) atoms. The Kier molecular flexibility index (Phi) is 4.26. The maximum absolute atomic E-state index is 12.2. The van der Waals surface area contributed by atoms with Crippen LogP contribution in [0.2, 0.25) is 5.02 Å². The van der Waals surface area contributed by atoms with Crippen LogP contribution in [-0.4, -0.2) is 16.9 Å². The quantitative estimate of drug-likeness (QED) is 0.509. The van der Waals surface area contributed by atoms with Gasteiger partial charge in [0.15, 0.2) is 11.5 Å². The maximum Gasteiger partial charge on any atom is 0.385 e. The van der Waals surface area contributed by atoms with E-state index in [2.05, 4.69) is 0 Å². The molecule has 1 aliphatic rings. The third-order valence-electron chi connectivity index (χ3n) is 4.29. The van der Waals surface area contributed by atoms with Crippen molar-refractivity contribution in [1.29, 1.82) is 0 Å². The van der Waals surface area contributed by atoms with Gasteiger partial charge in [0, 0.05) is 5.02 Å². The predicted octanol–water partition coefficient (Wildman–Crippen LogP) is 4.93. The van der Waals surface area contributed by atoms with Crippen molar-refractivity contribution in [3.8, 4) is 0 Å². The molecule has 1 N–H and O–H groups in total. The lowest BCUT2D eigenvalue weighted by atomic mass is 9.97. The molecule has 0 amide bonds. The molecule has 3 aromatic rings. The first-order valence-corrected chi connectivity index (χ1v) is 8.57. The topological polar surface area (TPSA) is 63.6 Å². The lowest BCUT2D eigenvalue weighted by Crippen LogP contribution is -2.25. The minimum absolute atomic E-state index is 0.0696. The normalized spacial score (nSPS) is 16.1. The lowest BCUT2D eigenvalue weighted by molar-refractivity contribution is -0.149. The van der Waals surface area contributed by atoms with E-state index in [1.807, 2.05) is 42.5 Å². The highest BCUT2D eigenvalue weighted by molar-refractivity contribution is 6.53. The molecule has 4 nitrogen and oxygen atoms in total. The number of benzene rings is 3. The smallest absolute Gasteiger partial charge is 0.385 e. The fraction of sp³-hybridized carbons (Fsp3) is 0.